The van der Waals surface area contributed by atoms with Gasteiger partial charge in [-0.15, -0.1) is 0 Å². The third-order valence-electron chi connectivity index (χ3n) is 4.04. The number of tetrazole rings is 1. The van der Waals surface area contributed by atoms with Gasteiger partial charge in [-0.05, 0) is 33.3 Å². The van der Waals surface area contributed by atoms with E-state index >= 15 is 0 Å². The third kappa shape index (κ3) is 3.58. The average Bonchev–Trinajstić information content (AvgIpc) is 3.10. The van der Waals surface area contributed by atoms with Crippen LogP contribution in [0.25, 0.3) is 10.8 Å². The van der Waals surface area contributed by atoms with Crippen molar-refractivity contribution >= 4 is 34.5 Å². The number of nitrogen functional groups attached to an aromatic ring is 1. The van der Waals surface area contributed by atoms with E-state index in [1.165, 1.54) is 0 Å². The molecule has 0 fully saturated rings. The molecular formula is C19H15ClN6O. The molecule has 4 rings (SSSR count). The zero-order chi connectivity index (χ0) is 18.6. The number of ether oxygens (including phenoxy) is 1. The minimum absolute atomic E-state index is 0.102. The van der Waals surface area contributed by atoms with Gasteiger partial charge in [-0.1, -0.05) is 70.0 Å². The SMILES string of the molecule is Nc1nnnn1/N=C/c1c(OCc2ccccc2Cl)ccc2ccccc12. The van der Waals surface area contributed by atoms with Crippen molar-refractivity contribution in [3.63, 3.8) is 0 Å². The number of benzene rings is 3. The fourth-order valence-electron chi connectivity index (χ4n) is 2.69. The van der Waals surface area contributed by atoms with Crippen molar-refractivity contribution in [3.05, 3.63) is 76.8 Å². The first-order chi connectivity index (χ1) is 13.2. The third-order valence-corrected chi connectivity index (χ3v) is 4.41. The number of halogens is 1. The molecule has 2 N–H and O–H groups in total. The maximum absolute atomic E-state index is 6.23. The molecule has 27 heavy (non-hydrogen) atoms. The molecular weight excluding hydrogens is 364 g/mol. The quantitative estimate of drug-likeness (QED) is 0.536. The van der Waals surface area contributed by atoms with Gasteiger partial charge < -0.3 is 10.5 Å². The molecule has 0 aliphatic rings. The van der Waals surface area contributed by atoms with Crippen molar-refractivity contribution in [1.29, 1.82) is 0 Å². The van der Waals surface area contributed by atoms with Gasteiger partial charge in [0.15, 0.2) is 0 Å². The Morgan fingerprint density at radius 1 is 1.07 bits per heavy atom. The highest BCUT2D eigenvalue weighted by Gasteiger charge is 2.09. The summed E-state index contributed by atoms with van der Waals surface area (Å²) in [6.45, 7) is 0.339. The van der Waals surface area contributed by atoms with Gasteiger partial charge in [0.05, 0.1) is 6.21 Å². The number of aromatic nitrogens is 4. The summed E-state index contributed by atoms with van der Waals surface area (Å²) in [4.78, 5) is 1.15. The van der Waals surface area contributed by atoms with Crippen molar-refractivity contribution in [3.8, 4) is 5.75 Å². The van der Waals surface area contributed by atoms with Gasteiger partial charge in [0.2, 0.25) is 0 Å². The summed E-state index contributed by atoms with van der Waals surface area (Å²) in [5.41, 5.74) is 7.38. The normalized spacial score (nSPS) is 11.3. The lowest BCUT2D eigenvalue weighted by Crippen LogP contribution is -2.02. The highest BCUT2D eigenvalue weighted by Crippen LogP contribution is 2.28. The van der Waals surface area contributed by atoms with Gasteiger partial charge in [-0.25, -0.2) is 0 Å². The van der Waals surface area contributed by atoms with Crippen LogP contribution in [0.3, 0.4) is 0 Å². The molecule has 0 unspecified atom stereocenters. The largest absolute Gasteiger partial charge is 0.488 e. The van der Waals surface area contributed by atoms with E-state index < -0.39 is 0 Å². The number of fused-ring (bicyclic) bond motifs is 1. The van der Waals surface area contributed by atoms with Crippen LogP contribution in [0.15, 0.2) is 65.8 Å². The Kier molecular flexibility index (Phi) is 4.67. The van der Waals surface area contributed by atoms with E-state index in [1.54, 1.807) is 6.21 Å². The van der Waals surface area contributed by atoms with Gasteiger partial charge in [-0.2, -0.15) is 5.10 Å². The molecule has 0 amide bonds. The van der Waals surface area contributed by atoms with Gasteiger partial charge >= 0.3 is 0 Å². The maximum Gasteiger partial charge on any atom is 0.263 e. The van der Waals surface area contributed by atoms with Crippen LogP contribution in [-0.4, -0.2) is 26.5 Å². The number of hydrogen-bond acceptors (Lipinski definition) is 6. The summed E-state index contributed by atoms with van der Waals surface area (Å²) in [6.07, 6.45) is 1.64. The number of anilines is 1. The predicted octanol–water partition coefficient (Wildman–Crippen LogP) is 3.52. The number of nitrogens with two attached hydrogens (primary N) is 1. The molecule has 0 aliphatic heterocycles. The van der Waals surface area contributed by atoms with Crippen molar-refractivity contribution in [2.24, 2.45) is 5.10 Å². The van der Waals surface area contributed by atoms with Gasteiger partial charge in [0.25, 0.3) is 5.95 Å². The summed E-state index contributed by atoms with van der Waals surface area (Å²) in [7, 11) is 0. The summed E-state index contributed by atoms with van der Waals surface area (Å²) >= 11 is 6.23. The van der Waals surface area contributed by atoms with E-state index in [4.69, 9.17) is 22.1 Å². The van der Waals surface area contributed by atoms with Crippen molar-refractivity contribution in [2.75, 3.05) is 5.73 Å². The first kappa shape index (κ1) is 17.0. The van der Waals surface area contributed by atoms with E-state index in [0.29, 0.717) is 17.4 Å². The molecule has 0 aliphatic carbocycles. The molecule has 0 spiro atoms. The average molecular weight is 379 g/mol. The second-order valence-corrected chi connectivity index (χ2v) is 6.16. The fraction of sp³-hybridized carbons (Fsp3) is 0.0526. The topological polar surface area (TPSA) is 91.2 Å². The molecule has 0 saturated heterocycles. The molecule has 3 aromatic carbocycles. The minimum atomic E-state index is 0.102. The summed E-state index contributed by atoms with van der Waals surface area (Å²) < 4.78 is 6.04. The van der Waals surface area contributed by atoms with E-state index in [2.05, 4.69) is 20.6 Å². The van der Waals surface area contributed by atoms with Crippen LogP contribution in [0, 0.1) is 0 Å². The molecule has 0 saturated carbocycles. The van der Waals surface area contributed by atoms with Crippen molar-refractivity contribution in [1.82, 2.24) is 20.3 Å². The Hall–Kier alpha value is -3.45. The standard InChI is InChI=1S/C19H15ClN6O/c20-17-8-4-2-6-14(17)12-27-18-10-9-13-5-1-3-7-15(13)16(18)11-22-26-19(21)23-24-25-26/h1-11H,12H2,(H2,21,23,25)/b22-11+. The smallest absolute Gasteiger partial charge is 0.263 e. The molecule has 8 heteroatoms. The van der Waals surface area contributed by atoms with Crippen molar-refractivity contribution < 1.29 is 4.74 Å². The number of rotatable bonds is 5. The summed E-state index contributed by atoms with van der Waals surface area (Å²) in [6, 6.07) is 19.4. The van der Waals surface area contributed by atoms with E-state index in [0.717, 1.165) is 26.7 Å². The highest BCUT2D eigenvalue weighted by atomic mass is 35.5. The van der Waals surface area contributed by atoms with Crippen molar-refractivity contribution in [2.45, 2.75) is 6.61 Å². The molecule has 0 radical (unpaired) electrons. The zero-order valence-electron chi connectivity index (χ0n) is 14.2. The van der Waals surface area contributed by atoms with Crippen LogP contribution in [-0.2, 0) is 6.61 Å². The molecule has 1 heterocycles. The second-order valence-electron chi connectivity index (χ2n) is 5.75. The lowest BCUT2D eigenvalue weighted by Gasteiger charge is -2.12. The molecule has 4 aromatic rings. The summed E-state index contributed by atoms with van der Waals surface area (Å²) in [5.74, 6) is 0.772. The zero-order valence-corrected chi connectivity index (χ0v) is 14.9. The van der Waals surface area contributed by atoms with Crippen LogP contribution in [0.2, 0.25) is 5.02 Å². The lowest BCUT2D eigenvalue weighted by atomic mass is 10.0. The Labute approximate surface area is 160 Å². The van der Waals surface area contributed by atoms with Crippen LogP contribution in [0.1, 0.15) is 11.1 Å². The van der Waals surface area contributed by atoms with Gasteiger partial charge in [0, 0.05) is 16.1 Å². The molecule has 1 aromatic heterocycles. The monoisotopic (exact) mass is 378 g/mol. The van der Waals surface area contributed by atoms with E-state index in [1.807, 2.05) is 60.7 Å². The van der Waals surface area contributed by atoms with Crippen LogP contribution < -0.4 is 10.5 Å². The molecule has 0 atom stereocenters. The predicted molar refractivity (Wildman–Crippen MR) is 105 cm³/mol. The maximum atomic E-state index is 6.23. The first-order valence-electron chi connectivity index (χ1n) is 8.18. The highest BCUT2D eigenvalue weighted by molar-refractivity contribution is 6.31. The Morgan fingerprint density at radius 2 is 1.89 bits per heavy atom. The van der Waals surface area contributed by atoms with Crippen LogP contribution >= 0.6 is 11.6 Å². The number of hydrogen-bond donors (Lipinski definition) is 1. The van der Waals surface area contributed by atoms with E-state index in [-0.39, 0.29) is 5.95 Å². The lowest BCUT2D eigenvalue weighted by molar-refractivity contribution is 0.306. The number of nitrogens with zero attached hydrogens (tertiary/aromatic N) is 5. The first-order valence-corrected chi connectivity index (χ1v) is 8.56. The second kappa shape index (κ2) is 7.43. The van der Waals surface area contributed by atoms with Gasteiger partial charge in [-0.3, -0.25) is 0 Å². The Bertz CT molecular complexity index is 1120. The Balaban J connectivity index is 1.72. The summed E-state index contributed by atoms with van der Waals surface area (Å²) in [5, 5.41) is 17.8. The van der Waals surface area contributed by atoms with Crippen LogP contribution in [0.4, 0.5) is 5.95 Å². The van der Waals surface area contributed by atoms with E-state index in [9.17, 15) is 0 Å². The molecule has 134 valence electrons. The Morgan fingerprint density at radius 3 is 2.70 bits per heavy atom. The fourth-order valence-corrected chi connectivity index (χ4v) is 2.88. The van der Waals surface area contributed by atoms with Crippen LogP contribution in [0.5, 0.6) is 5.75 Å². The molecule has 7 nitrogen and oxygen atoms in total. The molecule has 0 bridgehead atoms. The minimum Gasteiger partial charge on any atom is -0.488 e. The van der Waals surface area contributed by atoms with Gasteiger partial charge in [0.1, 0.15) is 12.4 Å².